The molecule has 0 radical (unpaired) electrons. The highest BCUT2D eigenvalue weighted by Crippen LogP contribution is 2.08. The molecule has 0 fully saturated rings. The fraction of sp³-hybridized carbons (Fsp3) is 1.00. The van der Waals surface area contributed by atoms with Crippen LogP contribution in [0.3, 0.4) is 0 Å². The normalized spacial score (nSPS) is 11.4. The van der Waals surface area contributed by atoms with Crippen molar-refractivity contribution in [2.75, 3.05) is 27.7 Å². The lowest BCUT2D eigenvalue weighted by atomic mass is 10.4. The van der Waals surface area contributed by atoms with Crippen LogP contribution in [0.2, 0.25) is 0 Å². The molecule has 0 atom stereocenters. The highest BCUT2D eigenvalue weighted by Gasteiger charge is 2.08. The van der Waals surface area contributed by atoms with Gasteiger partial charge in [0.15, 0.2) is 0 Å². The minimum Gasteiger partial charge on any atom is -1.00 e. The third-order valence-corrected chi connectivity index (χ3v) is 1.45. The third-order valence-electron chi connectivity index (χ3n) is 1.02. The Kier molecular flexibility index (Phi) is 7.35. The van der Waals surface area contributed by atoms with Crippen LogP contribution in [0.25, 0.3) is 0 Å². The first-order valence-electron chi connectivity index (χ1n) is 3.00. The molecule has 0 aliphatic heterocycles. The van der Waals surface area contributed by atoms with Gasteiger partial charge in [0.1, 0.15) is 4.84 Å². The summed E-state index contributed by atoms with van der Waals surface area (Å²) in [5.74, 6) is 0. The molecular formula is C6H14Cl3N. The number of alkyl halides is 2. The van der Waals surface area contributed by atoms with Gasteiger partial charge in [-0.15, -0.1) is 23.2 Å². The largest absolute Gasteiger partial charge is 1.00 e. The summed E-state index contributed by atoms with van der Waals surface area (Å²) in [5.41, 5.74) is 0. The lowest BCUT2D eigenvalue weighted by Gasteiger charge is -2.23. The zero-order valence-electron chi connectivity index (χ0n) is 6.57. The van der Waals surface area contributed by atoms with Gasteiger partial charge in [0, 0.05) is 6.42 Å². The van der Waals surface area contributed by atoms with Crippen LogP contribution >= 0.6 is 23.2 Å². The topological polar surface area (TPSA) is 0 Å². The average molecular weight is 207 g/mol. The van der Waals surface area contributed by atoms with Crippen LogP contribution in [0.15, 0.2) is 0 Å². The maximum atomic E-state index is 5.54. The van der Waals surface area contributed by atoms with Crippen molar-refractivity contribution in [1.82, 2.24) is 0 Å². The molecule has 0 saturated carbocycles. The second-order valence-electron chi connectivity index (χ2n) is 3.19. The predicted octanol–water partition coefficient (Wildman–Crippen LogP) is -1.11. The molecule has 0 N–H and O–H groups in total. The van der Waals surface area contributed by atoms with Gasteiger partial charge in [0.25, 0.3) is 0 Å². The molecule has 4 heteroatoms. The molecule has 0 amide bonds. The van der Waals surface area contributed by atoms with E-state index < -0.39 is 0 Å². The van der Waals surface area contributed by atoms with Gasteiger partial charge in [-0.05, 0) is 0 Å². The SMILES string of the molecule is C[N+](C)(C)CCC(Cl)Cl.[Cl-]. The van der Waals surface area contributed by atoms with E-state index in [9.17, 15) is 0 Å². The molecule has 10 heavy (non-hydrogen) atoms. The maximum absolute atomic E-state index is 5.54. The van der Waals surface area contributed by atoms with E-state index in [2.05, 4.69) is 21.1 Å². The summed E-state index contributed by atoms with van der Waals surface area (Å²) < 4.78 is 0.927. The van der Waals surface area contributed by atoms with Crippen molar-refractivity contribution in [1.29, 1.82) is 0 Å². The Balaban J connectivity index is 0. The van der Waals surface area contributed by atoms with Crippen molar-refractivity contribution in [2.45, 2.75) is 11.3 Å². The molecule has 0 aromatic rings. The van der Waals surface area contributed by atoms with Crippen molar-refractivity contribution < 1.29 is 16.9 Å². The molecule has 0 rings (SSSR count). The van der Waals surface area contributed by atoms with Gasteiger partial charge in [-0.1, -0.05) is 0 Å². The Morgan fingerprint density at radius 3 is 1.70 bits per heavy atom. The lowest BCUT2D eigenvalue weighted by Crippen LogP contribution is -3.00. The molecule has 64 valence electrons. The van der Waals surface area contributed by atoms with E-state index in [1.54, 1.807) is 0 Å². The summed E-state index contributed by atoms with van der Waals surface area (Å²) in [7, 11) is 6.36. The van der Waals surface area contributed by atoms with Crippen LogP contribution in [0.1, 0.15) is 6.42 Å². The van der Waals surface area contributed by atoms with Crippen LogP contribution in [0.4, 0.5) is 0 Å². The second kappa shape index (κ2) is 5.48. The van der Waals surface area contributed by atoms with Crippen molar-refractivity contribution >= 4 is 23.2 Å². The summed E-state index contributed by atoms with van der Waals surface area (Å²) >= 11 is 11.1. The Morgan fingerprint density at radius 1 is 1.20 bits per heavy atom. The average Bonchev–Trinajstić information content (AvgIpc) is 1.59. The number of rotatable bonds is 3. The molecule has 0 bridgehead atoms. The van der Waals surface area contributed by atoms with E-state index >= 15 is 0 Å². The molecule has 0 aromatic heterocycles. The number of quaternary nitrogens is 1. The fourth-order valence-electron chi connectivity index (χ4n) is 0.485. The number of halogens is 3. The molecule has 0 heterocycles. The first-order valence-corrected chi connectivity index (χ1v) is 3.88. The Morgan fingerprint density at radius 2 is 1.60 bits per heavy atom. The second-order valence-corrected chi connectivity index (χ2v) is 4.47. The summed E-state index contributed by atoms with van der Waals surface area (Å²) in [6, 6.07) is 0. The molecule has 0 aliphatic carbocycles. The Labute approximate surface area is 79.3 Å². The highest BCUT2D eigenvalue weighted by atomic mass is 35.5. The Bertz CT molecular complexity index is 77.6. The molecule has 0 spiro atoms. The van der Waals surface area contributed by atoms with E-state index in [-0.39, 0.29) is 17.2 Å². The Hall–Kier alpha value is 0.830. The van der Waals surface area contributed by atoms with Gasteiger partial charge in [-0.3, -0.25) is 0 Å². The summed E-state index contributed by atoms with van der Waals surface area (Å²) in [6.07, 6.45) is 0.868. The lowest BCUT2D eigenvalue weighted by molar-refractivity contribution is -0.870. The van der Waals surface area contributed by atoms with E-state index in [1.165, 1.54) is 0 Å². The molecular weight excluding hydrogens is 192 g/mol. The summed E-state index contributed by atoms with van der Waals surface area (Å²) in [5, 5.41) is 0. The quantitative estimate of drug-likeness (QED) is 0.406. The zero-order valence-corrected chi connectivity index (χ0v) is 8.84. The van der Waals surface area contributed by atoms with Crippen LogP contribution < -0.4 is 12.4 Å². The van der Waals surface area contributed by atoms with Gasteiger partial charge < -0.3 is 16.9 Å². The van der Waals surface area contributed by atoms with Crippen LogP contribution in [0, 0.1) is 0 Å². The van der Waals surface area contributed by atoms with Gasteiger partial charge in [-0.2, -0.15) is 0 Å². The van der Waals surface area contributed by atoms with Crippen molar-refractivity contribution in [2.24, 2.45) is 0 Å². The van der Waals surface area contributed by atoms with Crippen LogP contribution in [-0.2, 0) is 0 Å². The molecule has 0 saturated heterocycles. The molecule has 0 aromatic carbocycles. The van der Waals surface area contributed by atoms with Gasteiger partial charge in [-0.25, -0.2) is 0 Å². The van der Waals surface area contributed by atoms with Crippen LogP contribution in [-0.4, -0.2) is 37.0 Å². The first-order chi connectivity index (χ1) is 3.92. The van der Waals surface area contributed by atoms with Gasteiger partial charge >= 0.3 is 0 Å². The fourth-order valence-corrected chi connectivity index (χ4v) is 0.680. The van der Waals surface area contributed by atoms with E-state index in [1.807, 2.05) is 0 Å². The zero-order chi connectivity index (χ0) is 7.49. The van der Waals surface area contributed by atoms with E-state index in [4.69, 9.17) is 23.2 Å². The van der Waals surface area contributed by atoms with Crippen LogP contribution in [0.5, 0.6) is 0 Å². The summed E-state index contributed by atoms with van der Waals surface area (Å²) in [4.78, 5) is -0.206. The molecule has 0 aliphatic rings. The smallest absolute Gasteiger partial charge is 0.113 e. The highest BCUT2D eigenvalue weighted by molar-refractivity contribution is 6.44. The third kappa shape index (κ3) is 11.6. The monoisotopic (exact) mass is 205 g/mol. The summed E-state index contributed by atoms with van der Waals surface area (Å²) in [6.45, 7) is 1.03. The number of nitrogens with zero attached hydrogens (tertiary/aromatic N) is 1. The first kappa shape index (κ1) is 13.4. The van der Waals surface area contributed by atoms with E-state index in [0.29, 0.717) is 0 Å². The van der Waals surface area contributed by atoms with Gasteiger partial charge in [0.2, 0.25) is 0 Å². The van der Waals surface area contributed by atoms with Crippen molar-refractivity contribution in [3.05, 3.63) is 0 Å². The minimum absolute atomic E-state index is 0. The van der Waals surface area contributed by atoms with Gasteiger partial charge in [0.05, 0.1) is 27.7 Å². The van der Waals surface area contributed by atoms with E-state index in [0.717, 1.165) is 17.4 Å². The van der Waals surface area contributed by atoms with Crippen molar-refractivity contribution in [3.63, 3.8) is 0 Å². The predicted molar refractivity (Wildman–Crippen MR) is 43.0 cm³/mol. The van der Waals surface area contributed by atoms with Crippen molar-refractivity contribution in [3.8, 4) is 0 Å². The number of hydrogen-bond acceptors (Lipinski definition) is 0. The standard InChI is InChI=1S/C6H14Cl2N.ClH/c1-9(2,3)5-4-6(7)8;/h6H,4-5H2,1-3H3;1H/q+1;/p-1. The minimum atomic E-state index is -0.206. The number of hydrogen-bond donors (Lipinski definition) is 0. The maximum Gasteiger partial charge on any atom is 0.113 e. The molecule has 0 unspecified atom stereocenters. The molecule has 1 nitrogen and oxygen atoms in total.